The zero-order valence-electron chi connectivity index (χ0n) is 15.8. The molecule has 1 heterocycles. The molecule has 1 aliphatic rings. The van der Waals surface area contributed by atoms with E-state index in [1.165, 1.54) is 16.7 Å². The van der Waals surface area contributed by atoms with Gasteiger partial charge < -0.3 is 4.74 Å². The fraction of sp³-hybridized carbons (Fsp3) is 0.280. The third kappa shape index (κ3) is 3.83. The molecule has 0 aromatic heterocycles. The Labute approximate surface area is 162 Å². The van der Waals surface area contributed by atoms with Crippen molar-refractivity contribution >= 4 is 0 Å². The Morgan fingerprint density at radius 2 is 1.04 bits per heavy atom. The highest BCUT2D eigenvalue weighted by Crippen LogP contribution is 2.42. The highest BCUT2D eigenvalue weighted by Gasteiger charge is 2.36. The molecule has 4 rings (SSSR count). The van der Waals surface area contributed by atoms with Crippen LogP contribution in [0, 0.1) is 0 Å². The third-order valence-corrected chi connectivity index (χ3v) is 5.71. The fourth-order valence-corrected chi connectivity index (χ4v) is 4.25. The number of hydrogen-bond acceptors (Lipinski definition) is 2. The summed E-state index contributed by atoms with van der Waals surface area (Å²) >= 11 is 0. The van der Waals surface area contributed by atoms with Gasteiger partial charge in [-0.25, -0.2) is 0 Å². The molecule has 0 atom stereocenters. The van der Waals surface area contributed by atoms with Gasteiger partial charge in [-0.3, -0.25) is 4.90 Å². The highest BCUT2D eigenvalue weighted by molar-refractivity contribution is 5.50. The highest BCUT2D eigenvalue weighted by atomic mass is 16.5. The molecule has 27 heavy (non-hydrogen) atoms. The van der Waals surface area contributed by atoms with Gasteiger partial charge in [-0.2, -0.15) is 0 Å². The van der Waals surface area contributed by atoms with Crippen LogP contribution < -0.4 is 0 Å². The van der Waals surface area contributed by atoms with Crippen molar-refractivity contribution in [3.63, 3.8) is 0 Å². The SMILES string of the molecule is c1ccc(C(CCN2CCOCC2)(c2ccccc2)c2ccccc2)cc1. The molecule has 1 aliphatic heterocycles. The number of hydrogen-bond donors (Lipinski definition) is 0. The van der Waals surface area contributed by atoms with Gasteiger partial charge in [-0.1, -0.05) is 91.0 Å². The van der Waals surface area contributed by atoms with Crippen molar-refractivity contribution in [2.45, 2.75) is 11.8 Å². The van der Waals surface area contributed by atoms with E-state index in [0.29, 0.717) is 0 Å². The van der Waals surface area contributed by atoms with Crippen LogP contribution in [0.4, 0.5) is 0 Å². The summed E-state index contributed by atoms with van der Waals surface area (Å²) in [5, 5.41) is 0. The van der Waals surface area contributed by atoms with E-state index in [-0.39, 0.29) is 5.41 Å². The Balaban J connectivity index is 1.81. The number of nitrogens with zero attached hydrogens (tertiary/aromatic N) is 1. The Bertz CT molecular complexity index is 714. The van der Waals surface area contributed by atoms with Gasteiger partial charge in [0.2, 0.25) is 0 Å². The zero-order chi connectivity index (χ0) is 18.4. The van der Waals surface area contributed by atoms with Crippen molar-refractivity contribution < 1.29 is 4.74 Å². The molecule has 0 radical (unpaired) electrons. The van der Waals surface area contributed by atoms with Crippen LogP contribution in [0.25, 0.3) is 0 Å². The molecule has 0 bridgehead atoms. The van der Waals surface area contributed by atoms with Crippen LogP contribution in [0.5, 0.6) is 0 Å². The number of ether oxygens (including phenoxy) is 1. The van der Waals surface area contributed by atoms with Crippen LogP contribution >= 0.6 is 0 Å². The summed E-state index contributed by atoms with van der Waals surface area (Å²) in [6.07, 6.45) is 1.05. The smallest absolute Gasteiger partial charge is 0.0594 e. The molecule has 2 heteroatoms. The standard InChI is InChI=1S/C25H27NO/c1-4-10-22(11-5-1)25(23-12-6-2-7-13-23,24-14-8-3-9-15-24)16-17-26-18-20-27-21-19-26/h1-15H,16-21H2. The second-order valence-corrected chi connectivity index (χ2v) is 7.21. The van der Waals surface area contributed by atoms with Gasteiger partial charge in [0.05, 0.1) is 13.2 Å². The van der Waals surface area contributed by atoms with Gasteiger partial charge in [0.25, 0.3) is 0 Å². The topological polar surface area (TPSA) is 12.5 Å². The average Bonchev–Trinajstić information content (AvgIpc) is 2.77. The third-order valence-electron chi connectivity index (χ3n) is 5.71. The molecule has 138 valence electrons. The first-order chi connectivity index (χ1) is 13.4. The van der Waals surface area contributed by atoms with Crippen LogP contribution in [0.3, 0.4) is 0 Å². The lowest BCUT2D eigenvalue weighted by atomic mass is 9.67. The maximum absolute atomic E-state index is 5.54. The van der Waals surface area contributed by atoms with Gasteiger partial charge in [-0.05, 0) is 29.7 Å². The van der Waals surface area contributed by atoms with E-state index in [1.807, 2.05) is 0 Å². The van der Waals surface area contributed by atoms with Crippen LogP contribution in [0.2, 0.25) is 0 Å². The minimum absolute atomic E-state index is 0.151. The van der Waals surface area contributed by atoms with Crippen molar-refractivity contribution in [3.8, 4) is 0 Å². The minimum atomic E-state index is -0.151. The van der Waals surface area contributed by atoms with E-state index >= 15 is 0 Å². The monoisotopic (exact) mass is 357 g/mol. The van der Waals surface area contributed by atoms with Crippen molar-refractivity contribution in [1.29, 1.82) is 0 Å². The lowest BCUT2D eigenvalue weighted by molar-refractivity contribution is 0.0358. The number of benzene rings is 3. The number of rotatable bonds is 6. The van der Waals surface area contributed by atoms with Crippen molar-refractivity contribution in [2.24, 2.45) is 0 Å². The van der Waals surface area contributed by atoms with E-state index in [1.54, 1.807) is 0 Å². The van der Waals surface area contributed by atoms with E-state index in [4.69, 9.17) is 4.74 Å². The lowest BCUT2D eigenvalue weighted by Crippen LogP contribution is -2.40. The van der Waals surface area contributed by atoms with Gasteiger partial charge in [-0.15, -0.1) is 0 Å². The second kappa shape index (κ2) is 8.51. The van der Waals surface area contributed by atoms with Crippen LogP contribution in [-0.4, -0.2) is 37.7 Å². The first kappa shape index (κ1) is 18.0. The summed E-state index contributed by atoms with van der Waals surface area (Å²) in [6.45, 7) is 4.79. The second-order valence-electron chi connectivity index (χ2n) is 7.21. The molecule has 0 N–H and O–H groups in total. The van der Waals surface area contributed by atoms with Crippen LogP contribution in [0.1, 0.15) is 23.1 Å². The van der Waals surface area contributed by atoms with E-state index < -0.39 is 0 Å². The van der Waals surface area contributed by atoms with Crippen molar-refractivity contribution in [3.05, 3.63) is 108 Å². The molecule has 3 aromatic rings. The molecule has 0 unspecified atom stereocenters. The largest absolute Gasteiger partial charge is 0.379 e. The van der Waals surface area contributed by atoms with E-state index in [0.717, 1.165) is 39.3 Å². The van der Waals surface area contributed by atoms with Gasteiger partial charge in [0.1, 0.15) is 0 Å². The molecule has 0 aliphatic carbocycles. The first-order valence-electron chi connectivity index (χ1n) is 9.86. The summed E-state index contributed by atoms with van der Waals surface area (Å²) in [4.78, 5) is 2.53. The van der Waals surface area contributed by atoms with Crippen LogP contribution in [-0.2, 0) is 10.2 Å². The zero-order valence-corrected chi connectivity index (χ0v) is 15.8. The Morgan fingerprint density at radius 1 is 0.630 bits per heavy atom. The molecule has 0 saturated carbocycles. The Kier molecular flexibility index (Phi) is 5.66. The van der Waals surface area contributed by atoms with Gasteiger partial charge in [0, 0.05) is 18.5 Å². The summed E-state index contributed by atoms with van der Waals surface area (Å²) in [6, 6.07) is 32.9. The van der Waals surface area contributed by atoms with Crippen LogP contribution in [0.15, 0.2) is 91.0 Å². The maximum atomic E-state index is 5.54. The average molecular weight is 357 g/mol. The molecule has 0 amide bonds. The molecule has 2 nitrogen and oxygen atoms in total. The molecule has 1 saturated heterocycles. The van der Waals surface area contributed by atoms with E-state index in [9.17, 15) is 0 Å². The maximum Gasteiger partial charge on any atom is 0.0594 e. The van der Waals surface area contributed by atoms with Gasteiger partial charge in [0.15, 0.2) is 0 Å². The summed E-state index contributed by atoms with van der Waals surface area (Å²) in [5.74, 6) is 0. The van der Waals surface area contributed by atoms with Gasteiger partial charge >= 0.3 is 0 Å². The summed E-state index contributed by atoms with van der Waals surface area (Å²) < 4.78 is 5.54. The minimum Gasteiger partial charge on any atom is -0.379 e. The first-order valence-corrected chi connectivity index (χ1v) is 9.86. The molecule has 3 aromatic carbocycles. The molecular weight excluding hydrogens is 330 g/mol. The predicted molar refractivity (Wildman–Crippen MR) is 111 cm³/mol. The van der Waals surface area contributed by atoms with Crippen molar-refractivity contribution in [1.82, 2.24) is 4.90 Å². The summed E-state index contributed by atoms with van der Waals surface area (Å²) in [7, 11) is 0. The summed E-state index contributed by atoms with van der Waals surface area (Å²) in [5.41, 5.74) is 3.92. The molecule has 0 spiro atoms. The molecule has 1 fully saturated rings. The quantitative estimate of drug-likeness (QED) is 0.591. The Morgan fingerprint density at radius 3 is 1.44 bits per heavy atom. The van der Waals surface area contributed by atoms with E-state index in [2.05, 4.69) is 95.9 Å². The normalized spacial score (nSPS) is 15.6. The predicted octanol–water partition coefficient (Wildman–Crippen LogP) is 4.74. The van der Waals surface area contributed by atoms with Crippen molar-refractivity contribution in [2.75, 3.05) is 32.8 Å². The Hall–Kier alpha value is -2.42. The lowest BCUT2D eigenvalue weighted by Gasteiger charge is -2.38. The molecular formula is C25H27NO. The number of morpholine rings is 1. The fourth-order valence-electron chi connectivity index (χ4n) is 4.25.